The molecular formula is C15H14N2O2Zn. The first-order valence-electron chi connectivity index (χ1n) is 5.83. The third-order valence-electron chi connectivity index (χ3n) is 2.50. The van der Waals surface area contributed by atoms with Crippen LogP contribution < -0.4 is 0 Å². The van der Waals surface area contributed by atoms with Crippen LogP contribution in [0.1, 0.15) is 11.1 Å². The predicted octanol–water partition coefficient (Wildman–Crippen LogP) is 2.59. The maximum absolute atomic E-state index is 9.52. The topological polar surface area (TPSA) is 65.2 Å². The molecule has 0 aliphatic carbocycles. The van der Waals surface area contributed by atoms with Crippen molar-refractivity contribution in [3.63, 3.8) is 0 Å². The van der Waals surface area contributed by atoms with E-state index in [-0.39, 0.29) is 37.6 Å². The second kappa shape index (κ2) is 8.23. The van der Waals surface area contributed by atoms with E-state index >= 15 is 0 Å². The van der Waals surface area contributed by atoms with Crippen molar-refractivity contribution in [3.05, 3.63) is 59.7 Å². The van der Waals surface area contributed by atoms with Gasteiger partial charge in [0.05, 0.1) is 0 Å². The minimum absolute atomic E-state index is 0. The van der Waals surface area contributed by atoms with Crippen molar-refractivity contribution >= 4 is 12.4 Å². The summed E-state index contributed by atoms with van der Waals surface area (Å²) in [6, 6.07) is 13.9. The predicted molar refractivity (Wildman–Crippen MR) is 76.3 cm³/mol. The second-order valence-corrected chi connectivity index (χ2v) is 3.88. The van der Waals surface area contributed by atoms with Crippen LogP contribution in [0.4, 0.5) is 0 Å². The molecule has 2 rings (SSSR count). The molecule has 2 aromatic rings. The number of phenolic OH excluding ortho intramolecular Hbond substituents is 2. The summed E-state index contributed by atoms with van der Waals surface area (Å²) in [7, 11) is 0. The SMILES string of the molecule is Oc1ccccc1/C=N/C/N=C/c1ccccc1O.[Zn]. The molecule has 0 saturated heterocycles. The molecule has 2 N–H and O–H groups in total. The molecule has 0 aromatic heterocycles. The van der Waals surface area contributed by atoms with Crippen LogP contribution in [-0.4, -0.2) is 29.3 Å². The quantitative estimate of drug-likeness (QED) is 0.672. The number of phenols is 2. The molecule has 0 amide bonds. The van der Waals surface area contributed by atoms with E-state index in [9.17, 15) is 10.2 Å². The Kier molecular flexibility index (Phi) is 6.61. The van der Waals surface area contributed by atoms with Crippen LogP contribution in [0, 0.1) is 0 Å². The molecule has 2 aromatic carbocycles. The van der Waals surface area contributed by atoms with E-state index in [4.69, 9.17) is 0 Å². The van der Waals surface area contributed by atoms with Gasteiger partial charge in [-0.1, -0.05) is 24.3 Å². The number of para-hydroxylation sites is 2. The molecule has 0 atom stereocenters. The standard InChI is InChI=1S/C15H14N2O2.Zn/c18-14-7-3-1-5-12(14)9-16-11-17-10-13-6-2-4-8-15(13)19;/h1-10,18-19H,11H2;/b16-9+,17-10+;. The van der Waals surface area contributed by atoms with Gasteiger partial charge < -0.3 is 10.2 Å². The van der Waals surface area contributed by atoms with Crippen LogP contribution >= 0.6 is 0 Å². The maximum Gasteiger partial charge on any atom is 0.129 e. The van der Waals surface area contributed by atoms with E-state index < -0.39 is 0 Å². The monoisotopic (exact) mass is 318 g/mol. The third kappa shape index (κ3) is 4.59. The summed E-state index contributed by atoms with van der Waals surface area (Å²) < 4.78 is 0. The summed E-state index contributed by atoms with van der Waals surface area (Å²) in [6.07, 6.45) is 3.13. The van der Waals surface area contributed by atoms with E-state index in [1.54, 1.807) is 48.8 Å². The molecule has 4 nitrogen and oxygen atoms in total. The van der Waals surface area contributed by atoms with Crippen molar-refractivity contribution in [3.8, 4) is 11.5 Å². The Balaban J connectivity index is 0.00000200. The van der Waals surface area contributed by atoms with Gasteiger partial charge in [-0.25, -0.2) is 0 Å². The Labute approximate surface area is 130 Å². The van der Waals surface area contributed by atoms with Gasteiger partial charge in [0.15, 0.2) is 0 Å². The van der Waals surface area contributed by atoms with Gasteiger partial charge in [-0.3, -0.25) is 9.98 Å². The minimum atomic E-state index is 0. The molecule has 0 unspecified atom stereocenters. The Morgan fingerprint density at radius 3 is 1.55 bits per heavy atom. The molecular weight excluding hydrogens is 306 g/mol. The normalized spacial score (nSPS) is 10.8. The number of benzene rings is 2. The number of hydrogen-bond donors (Lipinski definition) is 2. The summed E-state index contributed by atoms with van der Waals surface area (Å²) >= 11 is 0. The fourth-order valence-electron chi connectivity index (χ4n) is 1.52. The summed E-state index contributed by atoms with van der Waals surface area (Å²) in [5.74, 6) is 0.381. The average Bonchev–Trinajstić information content (AvgIpc) is 2.42. The molecule has 0 bridgehead atoms. The van der Waals surface area contributed by atoms with Gasteiger partial charge >= 0.3 is 0 Å². The van der Waals surface area contributed by atoms with E-state index in [0.717, 1.165) is 0 Å². The van der Waals surface area contributed by atoms with Crippen molar-refractivity contribution in [1.82, 2.24) is 0 Å². The fourth-order valence-corrected chi connectivity index (χ4v) is 1.52. The van der Waals surface area contributed by atoms with Gasteiger partial charge in [0.25, 0.3) is 0 Å². The number of aromatic hydroxyl groups is 2. The van der Waals surface area contributed by atoms with E-state index in [0.29, 0.717) is 11.1 Å². The number of nitrogens with zero attached hydrogens (tertiary/aromatic N) is 2. The zero-order valence-corrected chi connectivity index (χ0v) is 13.9. The molecule has 0 radical (unpaired) electrons. The van der Waals surface area contributed by atoms with Crippen LogP contribution in [-0.2, 0) is 19.5 Å². The Morgan fingerprint density at radius 2 is 1.15 bits per heavy atom. The van der Waals surface area contributed by atoms with Gasteiger partial charge in [0, 0.05) is 43.0 Å². The number of hydrogen-bond acceptors (Lipinski definition) is 4. The molecule has 0 heterocycles. The Bertz CT molecular complexity index is 559. The fraction of sp³-hybridized carbons (Fsp3) is 0.0667. The maximum atomic E-state index is 9.52. The zero-order chi connectivity index (χ0) is 13.5. The molecule has 0 aliphatic rings. The average molecular weight is 320 g/mol. The molecule has 5 heteroatoms. The molecule has 0 saturated carbocycles. The van der Waals surface area contributed by atoms with E-state index in [2.05, 4.69) is 9.98 Å². The zero-order valence-electron chi connectivity index (χ0n) is 11.0. The summed E-state index contributed by atoms with van der Waals surface area (Å²) in [5.41, 5.74) is 1.31. The largest absolute Gasteiger partial charge is 0.507 e. The van der Waals surface area contributed by atoms with Gasteiger partial charge in [0.2, 0.25) is 0 Å². The Hall–Kier alpha value is -2.00. The first kappa shape index (κ1) is 16.1. The van der Waals surface area contributed by atoms with Crippen molar-refractivity contribution in [2.24, 2.45) is 9.98 Å². The van der Waals surface area contributed by atoms with E-state index in [1.807, 2.05) is 12.1 Å². The minimum Gasteiger partial charge on any atom is -0.507 e. The Morgan fingerprint density at radius 1 is 0.750 bits per heavy atom. The first-order chi connectivity index (χ1) is 9.27. The smallest absolute Gasteiger partial charge is 0.129 e. The van der Waals surface area contributed by atoms with Gasteiger partial charge in [-0.05, 0) is 24.3 Å². The summed E-state index contributed by atoms with van der Waals surface area (Å²) in [4.78, 5) is 8.17. The van der Waals surface area contributed by atoms with Gasteiger partial charge in [-0.2, -0.15) is 0 Å². The van der Waals surface area contributed by atoms with Crippen molar-refractivity contribution in [1.29, 1.82) is 0 Å². The van der Waals surface area contributed by atoms with Crippen LogP contribution in [0.3, 0.4) is 0 Å². The van der Waals surface area contributed by atoms with Gasteiger partial charge in [-0.15, -0.1) is 0 Å². The van der Waals surface area contributed by atoms with Crippen LogP contribution in [0.15, 0.2) is 58.5 Å². The molecule has 0 fully saturated rings. The van der Waals surface area contributed by atoms with Crippen LogP contribution in [0.25, 0.3) is 0 Å². The first-order valence-corrected chi connectivity index (χ1v) is 5.83. The second-order valence-electron chi connectivity index (χ2n) is 3.88. The van der Waals surface area contributed by atoms with Crippen LogP contribution in [0.2, 0.25) is 0 Å². The van der Waals surface area contributed by atoms with Crippen molar-refractivity contribution in [2.45, 2.75) is 0 Å². The molecule has 0 aliphatic heterocycles. The van der Waals surface area contributed by atoms with Crippen molar-refractivity contribution in [2.75, 3.05) is 6.67 Å². The third-order valence-corrected chi connectivity index (χ3v) is 2.50. The summed E-state index contributed by atoms with van der Waals surface area (Å²) in [5, 5.41) is 19.0. The molecule has 0 spiro atoms. The van der Waals surface area contributed by atoms with E-state index in [1.165, 1.54) is 0 Å². The van der Waals surface area contributed by atoms with Gasteiger partial charge in [0.1, 0.15) is 18.2 Å². The molecule has 20 heavy (non-hydrogen) atoms. The summed E-state index contributed by atoms with van der Waals surface area (Å²) in [6.45, 7) is 0.239. The molecule has 98 valence electrons. The van der Waals surface area contributed by atoms with Crippen molar-refractivity contribution < 1.29 is 29.7 Å². The number of rotatable bonds is 4. The van der Waals surface area contributed by atoms with Crippen LogP contribution in [0.5, 0.6) is 11.5 Å². The number of aliphatic imine (C=N–C) groups is 2.